The number of methoxy groups -OCH3 is 2. The molecule has 2 heteroatoms. The summed E-state index contributed by atoms with van der Waals surface area (Å²) >= 11 is 0. The van der Waals surface area contributed by atoms with Gasteiger partial charge in [0.15, 0.2) is 0 Å². The lowest BCUT2D eigenvalue weighted by Gasteiger charge is -2.20. The highest BCUT2D eigenvalue weighted by Gasteiger charge is 2.15. The first-order valence-electron chi connectivity index (χ1n) is 7.67. The lowest BCUT2D eigenvalue weighted by molar-refractivity contribution is 0.399. The molecule has 0 aliphatic heterocycles. The Morgan fingerprint density at radius 3 is 1.77 bits per heavy atom. The molecule has 0 aliphatic carbocycles. The average molecular weight is 298 g/mol. The molecule has 0 radical (unpaired) electrons. The molecule has 0 fully saturated rings. The van der Waals surface area contributed by atoms with Crippen molar-refractivity contribution in [3.8, 4) is 11.5 Å². The van der Waals surface area contributed by atoms with E-state index in [0.29, 0.717) is 0 Å². The van der Waals surface area contributed by atoms with Gasteiger partial charge in [0, 0.05) is 12.0 Å². The smallest absolute Gasteiger partial charge is 0.122 e. The molecule has 2 aromatic rings. The maximum absolute atomic E-state index is 5.53. The van der Waals surface area contributed by atoms with Crippen molar-refractivity contribution in [1.29, 1.82) is 0 Å². The van der Waals surface area contributed by atoms with Crippen LogP contribution in [0.3, 0.4) is 0 Å². The molecule has 0 heterocycles. The molecule has 0 saturated carbocycles. The highest BCUT2D eigenvalue weighted by atomic mass is 16.5. The Morgan fingerprint density at radius 2 is 1.27 bits per heavy atom. The fourth-order valence-corrected chi connectivity index (χ4v) is 3.05. The van der Waals surface area contributed by atoms with E-state index in [-0.39, 0.29) is 0 Å². The molecule has 2 nitrogen and oxygen atoms in total. The normalized spacial score (nSPS) is 10.7. The third kappa shape index (κ3) is 2.83. The second-order valence-electron chi connectivity index (χ2n) is 5.96. The van der Waals surface area contributed by atoms with Crippen LogP contribution in [0.15, 0.2) is 18.2 Å². The molecule has 0 amide bonds. The molecule has 0 aromatic heterocycles. The zero-order valence-corrected chi connectivity index (χ0v) is 14.8. The predicted molar refractivity (Wildman–Crippen MR) is 92.5 cm³/mol. The number of benzene rings is 2. The molecule has 0 atom stereocenters. The summed E-state index contributed by atoms with van der Waals surface area (Å²) in [4.78, 5) is 0. The van der Waals surface area contributed by atoms with Gasteiger partial charge in [-0.05, 0) is 86.2 Å². The molecule has 0 spiro atoms. The summed E-state index contributed by atoms with van der Waals surface area (Å²) in [7, 11) is 3.42. The minimum Gasteiger partial charge on any atom is -0.497 e. The van der Waals surface area contributed by atoms with E-state index in [4.69, 9.17) is 9.47 Å². The van der Waals surface area contributed by atoms with Gasteiger partial charge < -0.3 is 9.47 Å². The van der Waals surface area contributed by atoms with E-state index in [1.807, 2.05) is 12.1 Å². The quantitative estimate of drug-likeness (QED) is 0.804. The Balaban J connectivity index is 2.56. The topological polar surface area (TPSA) is 18.5 Å². The Bertz CT molecular complexity index is 670. The van der Waals surface area contributed by atoms with Crippen LogP contribution in [0.2, 0.25) is 0 Å². The van der Waals surface area contributed by atoms with Crippen LogP contribution in [0.4, 0.5) is 0 Å². The molecule has 0 N–H and O–H groups in total. The van der Waals surface area contributed by atoms with Gasteiger partial charge in [-0.1, -0.05) is 0 Å². The molecule has 118 valence electrons. The van der Waals surface area contributed by atoms with Crippen molar-refractivity contribution < 1.29 is 9.47 Å². The Hall–Kier alpha value is -1.96. The van der Waals surface area contributed by atoms with Crippen LogP contribution >= 0.6 is 0 Å². The minimum atomic E-state index is 0.861. The Kier molecular flexibility index (Phi) is 4.80. The SMILES string of the molecule is COc1ccc(OC)c(Cc2c(C)c(C)c(C)c(C)c2C)c1. The molecule has 0 unspecified atom stereocenters. The first-order chi connectivity index (χ1) is 10.4. The van der Waals surface area contributed by atoms with Gasteiger partial charge in [-0.2, -0.15) is 0 Å². The van der Waals surface area contributed by atoms with Gasteiger partial charge in [-0.25, -0.2) is 0 Å². The number of rotatable bonds is 4. The monoisotopic (exact) mass is 298 g/mol. The van der Waals surface area contributed by atoms with E-state index in [9.17, 15) is 0 Å². The standard InChI is InChI=1S/C20H26O2/c1-12-13(2)15(4)19(16(5)14(12)3)11-17-10-18(21-6)8-9-20(17)22-7/h8-10H,11H2,1-7H3. The van der Waals surface area contributed by atoms with Crippen molar-refractivity contribution in [3.63, 3.8) is 0 Å². The highest BCUT2D eigenvalue weighted by molar-refractivity contribution is 5.53. The lowest BCUT2D eigenvalue weighted by Crippen LogP contribution is -2.04. The summed E-state index contributed by atoms with van der Waals surface area (Å²) in [5.74, 6) is 1.78. The summed E-state index contributed by atoms with van der Waals surface area (Å²) < 4.78 is 10.9. The summed E-state index contributed by atoms with van der Waals surface area (Å²) in [5.41, 5.74) is 9.50. The van der Waals surface area contributed by atoms with Crippen LogP contribution in [0, 0.1) is 34.6 Å². The highest BCUT2D eigenvalue weighted by Crippen LogP contribution is 2.32. The van der Waals surface area contributed by atoms with Crippen LogP contribution in [0.1, 0.15) is 38.9 Å². The van der Waals surface area contributed by atoms with E-state index < -0.39 is 0 Å². The first-order valence-corrected chi connectivity index (χ1v) is 7.67. The van der Waals surface area contributed by atoms with Crippen LogP contribution in [-0.4, -0.2) is 14.2 Å². The van der Waals surface area contributed by atoms with Crippen molar-refractivity contribution in [2.75, 3.05) is 14.2 Å². The van der Waals surface area contributed by atoms with Crippen LogP contribution < -0.4 is 9.47 Å². The van der Waals surface area contributed by atoms with Crippen LogP contribution in [-0.2, 0) is 6.42 Å². The second-order valence-corrected chi connectivity index (χ2v) is 5.96. The third-order valence-electron chi connectivity index (χ3n) is 5.01. The number of ether oxygens (including phenoxy) is 2. The lowest BCUT2D eigenvalue weighted by atomic mass is 9.86. The number of hydrogen-bond donors (Lipinski definition) is 0. The van der Waals surface area contributed by atoms with E-state index >= 15 is 0 Å². The molecule has 2 rings (SSSR count). The molecule has 0 bridgehead atoms. The maximum atomic E-state index is 5.53. The van der Waals surface area contributed by atoms with Crippen LogP contribution in [0.25, 0.3) is 0 Å². The van der Waals surface area contributed by atoms with E-state index in [1.54, 1.807) is 14.2 Å². The summed E-state index contributed by atoms with van der Waals surface area (Å²) in [6, 6.07) is 5.99. The third-order valence-corrected chi connectivity index (χ3v) is 5.01. The van der Waals surface area contributed by atoms with Crippen molar-refractivity contribution in [2.24, 2.45) is 0 Å². The largest absolute Gasteiger partial charge is 0.497 e. The first kappa shape index (κ1) is 16.4. The van der Waals surface area contributed by atoms with E-state index in [1.165, 1.54) is 33.4 Å². The van der Waals surface area contributed by atoms with Gasteiger partial charge in [0.2, 0.25) is 0 Å². The summed E-state index contributed by atoms with van der Waals surface area (Å²) in [5, 5.41) is 0. The molecule has 0 saturated heterocycles. The minimum absolute atomic E-state index is 0.861. The fourth-order valence-electron chi connectivity index (χ4n) is 3.05. The maximum Gasteiger partial charge on any atom is 0.122 e. The van der Waals surface area contributed by atoms with Crippen molar-refractivity contribution >= 4 is 0 Å². The van der Waals surface area contributed by atoms with E-state index in [2.05, 4.69) is 40.7 Å². The molecule has 0 aliphatic rings. The van der Waals surface area contributed by atoms with Crippen molar-refractivity contribution in [3.05, 3.63) is 57.1 Å². The van der Waals surface area contributed by atoms with Gasteiger partial charge in [0.05, 0.1) is 14.2 Å². The van der Waals surface area contributed by atoms with Crippen molar-refractivity contribution in [1.82, 2.24) is 0 Å². The van der Waals surface area contributed by atoms with Crippen LogP contribution in [0.5, 0.6) is 11.5 Å². The van der Waals surface area contributed by atoms with Gasteiger partial charge in [-0.3, -0.25) is 0 Å². The second kappa shape index (κ2) is 6.43. The summed E-state index contributed by atoms with van der Waals surface area (Å²) in [6.07, 6.45) is 0.861. The zero-order chi connectivity index (χ0) is 16.4. The zero-order valence-electron chi connectivity index (χ0n) is 14.8. The Morgan fingerprint density at radius 1 is 0.727 bits per heavy atom. The summed E-state index contributed by atoms with van der Waals surface area (Å²) in [6.45, 7) is 11.1. The predicted octanol–water partition coefficient (Wildman–Crippen LogP) is 4.84. The molecular weight excluding hydrogens is 272 g/mol. The van der Waals surface area contributed by atoms with E-state index in [0.717, 1.165) is 23.5 Å². The average Bonchev–Trinajstić information content (AvgIpc) is 2.54. The fraction of sp³-hybridized carbons (Fsp3) is 0.400. The van der Waals surface area contributed by atoms with Gasteiger partial charge >= 0.3 is 0 Å². The van der Waals surface area contributed by atoms with Gasteiger partial charge in [0.1, 0.15) is 11.5 Å². The molecular formula is C20H26O2. The Labute approximate surface area is 134 Å². The van der Waals surface area contributed by atoms with Gasteiger partial charge in [-0.15, -0.1) is 0 Å². The number of hydrogen-bond acceptors (Lipinski definition) is 2. The van der Waals surface area contributed by atoms with Gasteiger partial charge in [0.25, 0.3) is 0 Å². The van der Waals surface area contributed by atoms with Crippen molar-refractivity contribution in [2.45, 2.75) is 41.0 Å². The molecule has 2 aromatic carbocycles. The molecule has 22 heavy (non-hydrogen) atoms.